The number of Topliss-reactive ketones (excluding diaryl/α,β-unsaturated/α-hetero) is 8. The predicted molar refractivity (Wildman–Crippen MR) is 457 cm³/mol. The van der Waals surface area contributed by atoms with Gasteiger partial charge >= 0.3 is 52.4 Å². The van der Waals surface area contributed by atoms with Crippen LogP contribution in [0.1, 0.15) is 427 Å². The fourth-order valence-corrected chi connectivity index (χ4v) is 16.8. The van der Waals surface area contributed by atoms with Crippen LogP contribution >= 0.6 is 0 Å². The molecule has 26 heteroatoms. The van der Waals surface area contributed by atoms with E-state index in [9.17, 15) is 118 Å². The van der Waals surface area contributed by atoms with Gasteiger partial charge in [0.15, 0.2) is 0 Å². The van der Waals surface area contributed by atoms with Crippen LogP contribution in [0.2, 0.25) is 0 Å². The number of carboxylic acids is 8. The van der Waals surface area contributed by atoms with Gasteiger partial charge in [0.25, 0.3) is 0 Å². The van der Waals surface area contributed by atoms with E-state index in [2.05, 4.69) is 0 Å². The zero-order chi connectivity index (χ0) is 96.5. The van der Waals surface area contributed by atoms with Gasteiger partial charge in [0.2, 0.25) is 0 Å². The quantitative estimate of drug-likeness (QED) is 0.0510. The first kappa shape index (κ1) is 137. The summed E-state index contributed by atoms with van der Waals surface area (Å²) in [6.45, 7) is 60.2. The van der Waals surface area contributed by atoms with Crippen LogP contribution in [0.5, 0.6) is 0 Å². The molecule has 0 spiro atoms. The molecule has 8 unspecified atom stereocenters. The maximum Gasteiger partial charge on any atom is 4.00 e. The molecule has 0 amide bonds. The molecule has 0 heterocycles. The van der Waals surface area contributed by atoms with E-state index in [1.807, 2.05) is 166 Å². The summed E-state index contributed by atoms with van der Waals surface area (Å²) < 4.78 is 0. The van der Waals surface area contributed by atoms with Crippen molar-refractivity contribution in [1.82, 2.24) is 0 Å². The minimum atomic E-state index is -1.23. The summed E-state index contributed by atoms with van der Waals surface area (Å²) in [5, 5.41) is 86.7. The average Bonchev–Trinajstić information content (AvgIpc) is 0.882. The molecule has 0 saturated carbocycles. The van der Waals surface area contributed by atoms with Crippen molar-refractivity contribution in [3.05, 3.63) is 0 Å². The van der Waals surface area contributed by atoms with E-state index in [0.29, 0.717) is 205 Å². The van der Waals surface area contributed by atoms with Crippen LogP contribution < -0.4 is 40.9 Å². The molecular formula is C96H168O24Zr2. The number of carboxylic acid groups (broad SMARTS) is 8. The normalized spacial score (nSPS) is 13.4. The monoisotopic (exact) mass is 1890 g/mol. The van der Waals surface area contributed by atoms with Crippen molar-refractivity contribution in [2.75, 3.05) is 0 Å². The van der Waals surface area contributed by atoms with E-state index >= 15 is 0 Å². The Labute approximate surface area is 776 Å². The molecular weight excluding hydrogens is 1720 g/mol. The largest absolute Gasteiger partial charge is 4.00 e. The average molecular weight is 1890 g/mol. The molecule has 0 radical (unpaired) electrons. The molecule has 0 bridgehead atoms. The fraction of sp³-hybridized carbons (Fsp3) is 0.833. The number of hydrogen-bond acceptors (Lipinski definition) is 24. The predicted octanol–water partition coefficient (Wildman–Crippen LogP) is 12.4. The third kappa shape index (κ3) is 39.2. The summed E-state index contributed by atoms with van der Waals surface area (Å²) in [6, 6.07) is 0. The molecule has 0 fully saturated rings. The van der Waals surface area contributed by atoms with Crippen LogP contribution in [-0.2, 0) is 129 Å². The molecule has 0 aromatic rings. The van der Waals surface area contributed by atoms with E-state index in [1.54, 1.807) is 55.4 Å². The molecule has 0 aliphatic carbocycles. The number of ketones is 8. The van der Waals surface area contributed by atoms with Gasteiger partial charge in [-0.05, 0) is 205 Å². The molecule has 704 valence electrons. The molecule has 0 rings (SSSR count). The molecule has 0 saturated heterocycles. The zero-order valence-electron chi connectivity index (χ0n) is 82.0. The van der Waals surface area contributed by atoms with Gasteiger partial charge in [0, 0.05) is 43.3 Å². The Kier molecular flexibility index (Phi) is 79.8. The Morgan fingerprint density at radius 1 is 0.139 bits per heavy atom. The van der Waals surface area contributed by atoms with Crippen molar-refractivity contribution in [2.45, 2.75) is 427 Å². The van der Waals surface area contributed by atoms with Gasteiger partial charge in [-0.1, -0.05) is 222 Å². The van der Waals surface area contributed by atoms with Gasteiger partial charge < -0.3 is 79.2 Å². The first-order valence-electron chi connectivity index (χ1n) is 45.9. The second-order valence-electron chi connectivity index (χ2n) is 31.9. The van der Waals surface area contributed by atoms with Crippen LogP contribution in [0.15, 0.2) is 0 Å². The van der Waals surface area contributed by atoms with E-state index in [1.165, 1.54) is 0 Å². The first-order chi connectivity index (χ1) is 55.9. The Morgan fingerprint density at radius 3 is 0.213 bits per heavy atom. The van der Waals surface area contributed by atoms with Crippen LogP contribution in [0, 0.1) is 90.7 Å². The smallest absolute Gasteiger partial charge is 0.549 e. The van der Waals surface area contributed by atoms with Gasteiger partial charge in [0.1, 0.15) is 46.3 Å². The van der Waals surface area contributed by atoms with Crippen LogP contribution in [-0.4, -0.2) is 94.0 Å². The third-order valence-corrected chi connectivity index (χ3v) is 28.5. The second-order valence-corrected chi connectivity index (χ2v) is 31.9. The summed E-state index contributed by atoms with van der Waals surface area (Å²) in [5.41, 5.74) is -3.77. The van der Waals surface area contributed by atoms with Crippen molar-refractivity contribution < 1.29 is 170 Å². The Morgan fingerprint density at radius 2 is 0.189 bits per heavy atom. The number of rotatable bonds is 56. The Hall–Kier alpha value is -5.11. The topological polar surface area (TPSA) is 458 Å². The molecule has 0 aliphatic rings. The molecule has 0 aliphatic heterocycles. The SMILES string of the molecule is CCC(C(=O)[O-])C(=O)C(CC)(CC)CC.CCC(C(=O)[O-])C(=O)C(CC)(CC)CC.CCC(C(=O)[O-])C(=O)C(CC)(CC)CC.CCC(C(=O)[O-])C(=O)C(CC)(CC)CC.CCC(C(=O)[O-])C(=O)C(CC)(CC)CC.CCC(C(=O)[O-])C(=O)C(CC)(CC)CC.CCC(C(=O)[O-])C(=O)C(CC)(CC)CC.CCC(C(=O)[O-])C(=O)C(CC)(CC)CC.[Zr+4].[Zr+4]. The van der Waals surface area contributed by atoms with E-state index in [4.69, 9.17) is 0 Å². The van der Waals surface area contributed by atoms with Crippen molar-refractivity contribution >= 4 is 94.0 Å². The molecule has 0 aromatic carbocycles. The second kappa shape index (κ2) is 70.9. The summed E-state index contributed by atoms with van der Waals surface area (Å²) in [7, 11) is 0. The van der Waals surface area contributed by atoms with Crippen LogP contribution in [0.3, 0.4) is 0 Å². The number of carbonyl (C=O) groups is 16. The van der Waals surface area contributed by atoms with Gasteiger partial charge in [-0.3, -0.25) is 38.4 Å². The molecule has 122 heavy (non-hydrogen) atoms. The third-order valence-electron chi connectivity index (χ3n) is 28.5. The molecule has 8 atom stereocenters. The zero-order valence-corrected chi connectivity index (χ0v) is 87.0. The fourth-order valence-electron chi connectivity index (χ4n) is 16.8. The van der Waals surface area contributed by atoms with E-state index in [-0.39, 0.29) is 98.7 Å². The maximum absolute atomic E-state index is 12.1. The minimum Gasteiger partial charge on any atom is -0.549 e. The number of aliphatic carboxylic acids is 8. The van der Waals surface area contributed by atoms with Crippen LogP contribution in [0.25, 0.3) is 0 Å². The van der Waals surface area contributed by atoms with E-state index in [0.717, 1.165) is 0 Å². The van der Waals surface area contributed by atoms with Crippen molar-refractivity contribution in [3.8, 4) is 0 Å². The van der Waals surface area contributed by atoms with Crippen LogP contribution in [0.4, 0.5) is 0 Å². The summed E-state index contributed by atoms with van der Waals surface area (Å²) in [4.78, 5) is 184. The molecule has 0 N–H and O–H groups in total. The number of hydrogen-bond donors (Lipinski definition) is 0. The number of carbonyl (C=O) groups excluding carboxylic acids is 16. The maximum atomic E-state index is 12.1. The molecule has 24 nitrogen and oxygen atoms in total. The summed E-state index contributed by atoms with van der Waals surface area (Å²) >= 11 is 0. The van der Waals surface area contributed by atoms with Gasteiger partial charge in [-0.25, -0.2) is 0 Å². The van der Waals surface area contributed by atoms with Gasteiger partial charge in [-0.2, -0.15) is 0 Å². The van der Waals surface area contributed by atoms with Crippen molar-refractivity contribution in [1.29, 1.82) is 0 Å². The molecule has 0 aromatic heterocycles. The summed E-state index contributed by atoms with van der Waals surface area (Å²) in [5.74, 6) is -18.6. The van der Waals surface area contributed by atoms with Gasteiger partial charge in [0.05, 0.1) is 95.1 Å². The Balaban J connectivity index is -0.000000147. The van der Waals surface area contributed by atoms with Crippen molar-refractivity contribution in [2.24, 2.45) is 90.7 Å². The standard InChI is InChI=1S/8C12H22O3.2Zr/c8*1-5-9(11(14)15)10(13)12(6-2,7-3)8-4;;/h8*9H,5-8H2,1-4H3,(H,14,15);;/q;;;;;;;;2*+4/p-8. The van der Waals surface area contributed by atoms with E-state index < -0.39 is 138 Å². The summed E-state index contributed by atoms with van der Waals surface area (Å²) in [6.07, 6.45) is 19.3. The van der Waals surface area contributed by atoms with Gasteiger partial charge in [-0.15, -0.1) is 0 Å². The first-order valence-corrected chi connectivity index (χ1v) is 45.9. The van der Waals surface area contributed by atoms with Crippen molar-refractivity contribution in [3.63, 3.8) is 0 Å². The Bertz CT molecular complexity index is 2380. The minimum absolute atomic E-state index is 0.